The predicted octanol–water partition coefficient (Wildman–Crippen LogP) is 5.64. The van der Waals surface area contributed by atoms with Gasteiger partial charge in [-0.05, 0) is 36.7 Å². The molecule has 11 nitrogen and oxygen atoms in total. The van der Waals surface area contributed by atoms with Crippen LogP contribution >= 0.6 is 11.3 Å². The summed E-state index contributed by atoms with van der Waals surface area (Å²) in [5, 5.41) is 14.2. The molecule has 5 heterocycles. The Morgan fingerprint density at radius 2 is 2.05 bits per heavy atom. The van der Waals surface area contributed by atoms with Crippen LogP contribution in [0, 0.1) is 12.7 Å². The van der Waals surface area contributed by atoms with Gasteiger partial charge in [0.05, 0.1) is 22.5 Å². The van der Waals surface area contributed by atoms with Gasteiger partial charge < -0.3 is 9.47 Å². The van der Waals surface area contributed by atoms with Crippen molar-refractivity contribution in [2.75, 3.05) is 18.1 Å². The minimum absolute atomic E-state index is 0.182. The topological polar surface area (TPSA) is 123 Å². The Bertz CT molecular complexity index is 1730. The van der Waals surface area contributed by atoms with Crippen LogP contribution in [-0.2, 0) is 16.1 Å². The molecule has 1 atom stereocenters. The lowest BCUT2D eigenvalue weighted by Crippen LogP contribution is -2.28. The predicted molar refractivity (Wildman–Crippen MR) is 155 cm³/mol. The third-order valence-corrected chi connectivity index (χ3v) is 9.24. The number of H-pyrrole nitrogens is 1. The number of carbonyl (C=O) groups excluding carboxylic acids is 1. The largest absolute Gasteiger partial charge is 0.446 e. The number of cyclic esters (lactones) is 1. The average Bonchev–Trinajstić information content (AvgIpc) is 3.72. The molecule has 5 aromatic rings. The molecule has 1 saturated heterocycles. The SMILES string of the molecule is Cc1nc([C@H]2COC(=O)N2c2ccn3ncc(-c4ccc(-c5n[nH]c(COCC[Si](C)(C)C)n5)c(F)c4)c3n2)cs1. The van der Waals surface area contributed by atoms with E-state index >= 15 is 4.39 Å². The quantitative estimate of drug-likeness (QED) is 0.172. The van der Waals surface area contributed by atoms with E-state index in [1.165, 1.54) is 22.3 Å². The summed E-state index contributed by atoms with van der Waals surface area (Å²) in [5.74, 6) is 0.721. The van der Waals surface area contributed by atoms with Gasteiger partial charge in [0.2, 0.25) is 0 Å². The molecule has 0 spiro atoms. The highest BCUT2D eigenvalue weighted by atomic mass is 32.1. The Morgan fingerprint density at radius 3 is 2.80 bits per heavy atom. The number of nitrogens with one attached hydrogen (secondary N) is 1. The smallest absolute Gasteiger partial charge is 0.416 e. The van der Waals surface area contributed by atoms with Crippen LogP contribution < -0.4 is 4.90 Å². The van der Waals surface area contributed by atoms with Crippen molar-refractivity contribution in [3.8, 4) is 22.5 Å². The number of hydrogen-bond acceptors (Lipinski definition) is 9. The van der Waals surface area contributed by atoms with Gasteiger partial charge in [0.1, 0.15) is 30.9 Å². The van der Waals surface area contributed by atoms with Crippen LogP contribution in [0.4, 0.5) is 15.0 Å². The molecule has 1 fully saturated rings. The summed E-state index contributed by atoms with van der Waals surface area (Å²) < 4.78 is 28.0. The molecule has 14 heteroatoms. The number of rotatable bonds is 9. The molecule has 1 N–H and O–H groups in total. The highest BCUT2D eigenvalue weighted by molar-refractivity contribution is 7.09. The maximum atomic E-state index is 15.3. The molecular weight excluding hydrogens is 564 g/mol. The number of benzene rings is 1. The minimum atomic E-state index is -1.18. The Kier molecular flexibility index (Phi) is 7.13. The molecule has 41 heavy (non-hydrogen) atoms. The normalized spacial score (nSPS) is 15.7. The van der Waals surface area contributed by atoms with Crippen LogP contribution in [0.5, 0.6) is 0 Å². The van der Waals surface area contributed by atoms with E-state index in [0.29, 0.717) is 41.6 Å². The first-order chi connectivity index (χ1) is 19.7. The van der Waals surface area contributed by atoms with Crippen LogP contribution in [0.25, 0.3) is 28.2 Å². The Labute approximate surface area is 240 Å². The van der Waals surface area contributed by atoms with Crippen molar-refractivity contribution >= 4 is 37.0 Å². The van der Waals surface area contributed by atoms with Gasteiger partial charge in [-0.2, -0.15) is 10.2 Å². The first kappa shape index (κ1) is 27.2. The van der Waals surface area contributed by atoms with Gasteiger partial charge >= 0.3 is 6.09 Å². The molecule has 1 aliphatic rings. The number of aromatic nitrogens is 7. The molecule has 4 aromatic heterocycles. The summed E-state index contributed by atoms with van der Waals surface area (Å²) in [7, 11) is -1.18. The molecule has 6 rings (SSSR count). The summed E-state index contributed by atoms with van der Waals surface area (Å²) in [5.41, 5.74) is 2.67. The fourth-order valence-corrected chi connectivity index (χ4v) is 5.93. The van der Waals surface area contributed by atoms with Crippen molar-refractivity contribution in [3.63, 3.8) is 0 Å². The van der Waals surface area contributed by atoms with E-state index in [1.54, 1.807) is 35.1 Å². The molecule has 1 aliphatic heterocycles. The van der Waals surface area contributed by atoms with E-state index < -0.39 is 20.0 Å². The average molecular weight is 593 g/mol. The highest BCUT2D eigenvalue weighted by Crippen LogP contribution is 2.34. The number of hydrogen-bond donors (Lipinski definition) is 1. The lowest BCUT2D eigenvalue weighted by molar-refractivity contribution is 0.127. The second-order valence-electron chi connectivity index (χ2n) is 11.0. The van der Waals surface area contributed by atoms with Gasteiger partial charge in [-0.3, -0.25) is 5.10 Å². The first-order valence-electron chi connectivity index (χ1n) is 13.2. The third kappa shape index (κ3) is 5.62. The van der Waals surface area contributed by atoms with Crippen LogP contribution in [0.2, 0.25) is 25.7 Å². The summed E-state index contributed by atoms with van der Waals surface area (Å²) in [6.45, 7) is 9.92. The van der Waals surface area contributed by atoms with Gasteiger partial charge in [-0.1, -0.05) is 25.7 Å². The van der Waals surface area contributed by atoms with E-state index in [1.807, 2.05) is 12.3 Å². The zero-order chi connectivity index (χ0) is 28.7. The standard InChI is InChI=1S/C27H29FN8O3SSi/c1-16-30-21(15-40-16)22-13-39-27(37)36(22)24-7-8-35-26(32-24)19(12-29-35)17-5-6-18(20(28)11-17)25-31-23(33-34-25)14-38-9-10-41(2,3)4/h5-8,11-12,15,22H,9-10,13-14H2,1-4H3,(H,31,33,34)/t22-/m1/s1. The zero-order valence-corrected chi connectivity index (χ0v) is 24.9. The van der Waals surface area contributed by atoms with Gasteiger partial charge in [0, 0.05) is 31.8 Å². The number of halogens is 1. The monoisotopic (exact) mass is 592 g/mol. The second kappa shape index (κ2) is 10.8. The number of aryl methyl sites for hydroxylation is 1. The maximum absolute atomic E-state index is 15.3. The van der Waals surface area contributed by atoms with Gasteiger partial charge in [0.25, 0.3) is 0 Å². The molecule has 0 saturated carbocycles. The van der Waals surface area contributed by atoms with Crippen molar-refractivity contribution in [2.45, 2.75) is 45.3 Å². The zero-order valence-electron chi connectivity index (χ0n) is 23.1. The maximum Gasteiger partial charge on any atom is 0.416 e. The van der Waals surface area contributed by atoms with Crippen molar-refractivity contribution in [1.82, 2.24) is 34.8 Å². The van der Waals surface area contributed by atoms with E-state index in [0.717, 1.165) is 16.7 Å². The van der Waals surface area contributed by atoms with Crippen LogP contribution in [-0.4, -0.2) is 62.1 Å². The van der Waals surface area contributed by atoms with E-state index in [2.05, 4.69) is 44.9 Å². The Balaban J connectivity index is 1.24. The van der Waals surface area contributed by atoms with Crippen LogP contribution in [0.1, 0.15) is 22.6 Å². The Morgan fingerprint density at radius 1 is 1.20 bits per heavy atom. The van der Waals surface area contributed by atoms with Gasteiger partial charge in [-0.15, -0.1) is 11.3 Å². The molecule has 0 aliphatic carbocycles. The number of anilines is 1. The Hall–Kier alpha value is -4.01. The minimum Gasteiger partial charge on any atom is -0.446 e. The summed E-state index contributed by atoms with van der Waals surface area (Å²) in [6, 6.07) is 7.18. The first-order valence-corrected chi connectivity index (χ1v) is 17.8. The highest BCUT2D eigenvalue weighted by Gasteiger charge is 2.38. The van der Waals surface area contributed by atoms with Gasteiger partial charge in [0.15, 0.2) is 17.3 Å². The van der Waals surface area contributed by atoms with E-state index in [-0.39, 0.29) is 24.0 Å². The molecule has 212 valence electrons. The second-order valence-corrected chi connectivity index (χ2v) is 17.7. The van der Waals surface area contributed by atoms with E-state index in [9.17, 15) is 4.79 Å². The number of aromatic amines is 1. The number of thiazole rings is 1. The molecule has 0 bridgehead atoms. The van der Waals surface area contributed by atoms with Crippen molar-refractivity contribution in [1.29, 1.82) is 0 Å². The van der Waals surface area contributed by atoms with E-state index in [4.69, 9.17) is 14.5 Å². The number of amides is 1. The number of fused-ring (bicyclic) bond motifs is 1. The molecular formula is C27H29FN8O3SSi. The van der Waals surface area contributed by atoms with Crippen LogP contribution in [0.15, 0.2) is 42.0 Å². The number of carbonyl (C=O) groups is 1. The van der Waals surface area contributed by atoms with Crippen molar-refractivity contribution in [3.05, 3.63) is 64.4 Å². The lowest BCUT2D eigenvalue weighted by Gasteiger charge is -2.19. The van der Waals surface area contributed by atoms with Gasteiger partial charge in [-0.25, -0.2) is 33.6 Å². The van der Waals surface area contributed by atoms with Crippen molar-refractivity contribution in [2.24, 2.45) is 0 Å². The fourth-order valence-electron chi connectivity index (χ4n) is 4.51. The fraction of sp³-hybridized carbons (Fsp3) is 0.333. The molecule has 1 aromatic carbocycles. The summed E-state index contributed by atoms with van der Waals surface area (Å²) >= 11 is 1.51. The number of ether oxygens (including phenoxy) is 2. The summed E-state index contributed by atoms with van der Waals surface area (Å²) in [6.07, 6.45) is 2.83. The van der Waals surface area contributed by atoms with Crippen LogP contribution in [0.3, 0.4) is 0 Å². The third-order valence-electron chi connectivity index (χ3n) is 6.74. The molecule has 0 radical (unpaired) electrons. The lowest BCUT2D eigenvalue weighted by atomic mass is 10.1. The number of nitrogens with zero attached hydrogens (tertiary/aromatic N) is 7. The summed E-state index contributed by atoms with van der Waals surface area (Å²) in [4.78, 5) is 27.8. The molecule has 0 unspecified atom stereocenters. The molecule has 1 amide bonds. The van der Waals surface area contributed by atoms with Crippen molar-refractivity contribution < 1.29 is 18.7 Å².